The first-order chi connectivity index (χ1) is 7.31. The van der Waals surface area contributed by atoms with Crippen LogP contribution in [0.2, 0.25) is 0 Å². The SMILES string of the molecule is C/C=C\CCc1ccc(OC)cc1CC. The highest BCUT2D eigenvalue weighted by Gasteiger charge is 2.01. The van der Waals surface area contributed by atoms with Crippen molar-refractivity contribution in [2.75, 3.05) is 7.11 Å². The Hall–Kier alpha value is -1.24. The van der Waals surface area contributed by atoms with Gasteiger partial charge < -0.3 is 4.74 Å². The molecule has 1 heteroatoms. The van der Waals surface area contributed by atoms with Crippen molar-refractivity contribution in [2.45, 2.75) is 33.1 Å². The molecule has 0 fully saturated rings. The molecule has 0 amide bonds. The van der Waals surface area contributed by atoms with Gasteiger partial charge in [0.15, 0.2) is 0 Å². The summed E-state index contributed by atoms with van der Waals surface area (Å²) in [5.41, 5.74) is 2.84. The van der Waals surface area contributed by atoms with Crippen molar-refractivity contribution in [3.8, 4) is 5.75 Å². The molecule has 0 aliphatic heterocycles. The molecular formula is C14H20O. The van der Waals surface area contributed by atoms with Gasteiger partial charge in [-0.25, -0.2) is 0 Å². The quantitative estimate of drug-likeness (QED) is 0.663. The normalized spacial score (nSPS) is 10.9. The van der Waals surface area contributed by atoms with Crippen LogP contribution in [0, 0.1) is 0 Å². The molecule has 0 unspecified atom stereocenters. The molecule has 1 aromatic rings. The zero-order valence-corrected chi connectivity index (χ0v) is 9.92. The molecule has 1 aromatic carbocycles. The second-order valence-corrected chi connectivity index (χ2v) is 3.60. The second-order valence-electron chi connectivity index (χ2n) is 3.60. The van der Waals surface area contributed by atoms with Gasteiger partial charge in [-0.1, -0.05) is 25.1 Å². The van der Waals surface area contributed by atoms with E-state index in [9.17, 15) is 0 Å². The highest BCUT2D eigenvalue weighted by Crippen LogP contribution is 2.19. The third kappa shape index (κ3) is 3.43. The van der Waals surface area contributed by atoms with Crippen molar-refractivity contribution in [2.24, 2.45) is 0 Å². The fraction of sp³-hybridized carbons (Fsp3) is 0.429. The Bertz CT molecular complexity index is 326. The Morgan fingerprint density at radius 2 is 2.07 bits per heavy atom. The summed E-state index contributed by atoms with van der Waals surface area (Å²) in [6.45, 7) is 4.25. The van der Waals surface area contributed by atoms with E-state index < -0.39 is 0 Å². The minimum atomic E-state index is 0.960. The summed E-state index contributed by atoms with van der Waals surface area (Å²) in [5, 5.41) is 0. The number of benzene rings is 1. The number of rotatable bonds is 5. The zero-order chi connectivity index (χ0) is 11.1. The van der Waals surface area contributed by atoms with Crippen LogP contribution >= 0.6 is 0 Å². The van der Waals surface area contributed by atoms with Crippen molar-refractivity contribution in [3.63, 3.8) is 0 Å². The van der Waals surface area contributed by atoms with E-state index in [1.807, 2.05) is 6.07 Å². The first kappa shape index (κ1) is 11.8. The minimum Gasteiger partial charge on any atom is -0.497 e. The van der Waals surface area contributed by atoms with Gasteiger partial charge in [-0.05, 0) is 49.4 Å². The lowest BCUT2D eigenvalue weighted by atomic mass is 10.0. The average molecular weight is 204 g/mol. The molecule has 0 aromatic heterocycles. The standard InChI is InChI=1S/C14H20O/c1-4-6-7-8-13-9-10-14(15-3)11-12(13)5-2/h4,6,9-11H,5,7-8H2,1-3H3/b6-4-. The van der Waals surface area contributed by atoms with Crippen LogP contribution in [-0.2, 0) is 12.8 Å². The summed E-state index contributed by atoms with van der Waals surface area (Å²) in [7, 11) is 1.72. The highest BCUT2D eigenvalue weighted by molar-refractivity contribution is 5.36. The maximum atomic E-state index is 5.22. The number of hydrogen-bond donors (Lipinski definition) is 0. The first-order valence-corrected chi connectivity index (χ1v) is 5.58. The maximum Gasteiger partial charge on any atom is 0.119 e. The van der Waals surface area contributed by atoms with Crippen molar-refractivity contribution in [3.05, 3.63) is 41.5 Å². The fourth-order valence-electron chi connectivity index (χ4n) is 1.71. The molecule has 15 heavy (non-hydrogen) atoms. The molecule has 0 aliphatic carbocycles. The molecular weight excluding hydrogens is 184 g/mol. The maximum absolute atomic E-state index is 5.22. The molecule has 0 spiro atoms. The molecule has 1 nitrogen and oxygen atoms in total. The van der Waals surface area contributed by atoms with Crippen molar-refractivity contribution >= 4 is 0 Å². The van der Waals surface area contributed by atoms with Crippen LogP contribution < -0.4 is 4.74 Å². The van der Waals surface area contributed by atoms with E-state index >= 15 is 0 Å². The van der Waals surface area contributed by atoms with Gasteiger partial charge in [0, 0.05) is 0 Å². The Balaban J connectivity index is 2.78. The number of allylic oxidation sites excluding steroid dienone is 2. The third-order valence-corrected chi connectivity index (χ3v) is 2.61. The fourth-order valence-corrected chi connectivity index (χ4v) is 1.71. The van der Waals surface area contributed by atoms with E-state index in [0.29, 0.717) is 0 Å². The predicted molar refractivity (Wildman–Crippen MR) is 65.5 cm³/mol. The van der Waals surface area contributed by atoms with Gasteiger partial charge in [0.25, 0.3) is 0 Å². The van der Waals surface area contributed by atoms with Crippen molar-refractivity contribution in [1.29, 1.82) is 0 Å². The van der Waals surface area contributed by atoms with Crippen molar-refractivity contribution in [1.82, 2.24) is 0 Å². The first-order valence-electron chi connectivity index (χ1n) is 5.58. The highest BCUT2D eigenvalue weighted by atomic mass is 16.5. The monoisotopic (exact) mass is 204 g/mol. The summed E-state index contributed by atoms with van der Waals surface area (Å²) in [6, 6.07) is 6.37. The van der Waals surface area contributed by atoms with Gasteiger partial charge in [0.05, 0.1) is 7.11 Å². The Morgan fingerprint density at radius 1 is 1.27 bits per heavy atom. The van der Waals surface area contributed by atoms with E-state index in [2.05, 4.69) is 38.1 Å². The van der Waals surface area contributed by atoms with E-state index in [-0.39, 0.29) is 0 Å². The minimum absolute atomic E-state index is 0.960. The Labute approximate surface area is 92.8 Å². The topological polar surface area (TPSA) is 9.23 Å². The van der Waals surface area contributed by atoms with E-state index in [1.165, 1.54) is 11.1 Å². The second kappa shape index (κ2) is 6.28. The zero-order valence-electron chi connectivity index (χ0n) is 9.92. The summed E-state index contributed by atoms with van der Waals surface area (Å²) < 4.78 is 5.22. The van der Waals surface area contributed by atoms with E-state index in [4.69, 9.17) is 4.74 Å². The molecule has 1 rings (SSSR count). The van der Waals surface area contributed by atoms with Crippen LogP contribution in [0.1, 0.15) is 31.4 Å². The largest absolute Gasteiger partial charge is 0.497 e. The predicted octanol–water partition coefficient (Wildman–Crippen LogP) is 3.77. The average Bonchev–Trinajstić information content (AvgIpc) is 2.29. The van der Waals surface area contributed by atoms with Gasteiger partial charge in [0.1, 0.15) is 5.75 Å². The molecule has 0 bridgehead atoms. The number of aryl methyl sites for hydroxylation is 2. The van der Waals surface area contributed by atoms with E-state index in [0.717, 1.165) is 25.0 Å². The molecule has 0 radical (unpaired) electrons. The summed E-state index contributed by atoms with van der Waals surface area (Å²) in [4.78, 5) is 0. The molecule has 82 valence electrons. The number of hydrogen-bond acceptors (Lipinski definition) is 1. The van der Waals surface area contributed by atoms with E-state index in [1.54, 1.807) is 7.11 Å². The smallest absolute Gasteiger partial charge is 0.119 e. The van der Waals surface area contributed by atoms with Crippen LogP contribution in [0.3, 0.4) is 0 Å². The summed E-state index contributed by atoms with van der Waals surface area (Å²) in [6.07, 6.45) is 7.63. The van der Waals surface area contributed by atoms with Crippen LogP contribution in [0.15, 0.2) is 30.4 Å². The van der Waals surface area contributed by atoms with Gasteiger partial charge in [0.2, 0.25) is 0 Å². The van der Waals surface area contributed by atoms with Crippen LogP contribution in [-0.4, -0.2) is 7.11 Å². The molecule has 0 saturated carbocycles. The lowest BCUT2D eigenvalue weighted by Crippen LogP contribution is -1.94. The van der Waals surface area contributed by atoms with Crippen LogP contribution in [0.4, 0.5) is 0 Å². The van der Waals surface area contributed by atoms with Gasteiger partial charge in [-0.2, -0.15) is 0 Å². The number of ether oxygens (including phenoxy) is 1. The molecule has 0 saturated heterocycles. The molecule has 0 atom stereocenters. The lowest BCUT2D eigenvalue weighted by molar-refractivity contribution is 0.414. The van der Waals surface area contributed by atoms with Crippen LogP contribution in [0.5, 0.6) is 5.75 Å². The summed E-state index contributed by atoms with van der Waals surface area (Å²) >= 11 is 0. The molecule has 0 N–H and O–H groups in total. The third-order valence-electron chi connectivity index (χ3n) is 2.61. The molecule has 0 heterocycles. The molecule has 0 aliphatic rings. The Kier molecular flexibility index (Phi) is 4.96. The van der Waals surface area contributed by atoms with Gasteiger partial charge >= 0.3 is 0 Å². The van der Waals surface area contributed by atoms with Crippen LogP contribution in [0.25, 0.3) is 0 Å². The number of methoxy groups -OCH3 is 1. The summed E-state index contributed by atoms with van der Waals surface area (Å²) in [5.74, 6) is 0.960. The van der Waals surface area contributed by atoms with Gasteiger partial charge in [-0.3, -0.25) is 0 Å². The van der Waals surface area contributed by atoms with Crippen molar-refractivity contribution < 1.29 is 4.74 Å². The van der Waals surface area contributed by atoms with Gasteiger partial charge in [-0.15, -0.1) is 0 Å². The lowest BCUT2D eigenvalue weighted by Gasteiger charge is -2.08. The Morgan fingerprint density at radius 3 is 2.67 bits per heavy atom.